The SMILES string of the molecule is COC(=O)c1ccc(C(=O)NCC2(OC)C3CC4CC(C3)CC2C4)cc1. The van der Waals surface area contributed by atoms with Crippen LogP contribution in [0.2, 0.25) is 0 Å². The van der Waals surface area contributed by atoms with Crippen molar-refractivity contribution in [2.24, 2.45) is 23.7 Å². The zero-order chi connectivity index (χ0) is 18.3. The van der Waals surface area contributed by atoms with Crippen molar-refractivity contribution in [1.82, 2.24) is 5.32 Å². The molecule has 0 heterocycles. The lowest BCUT2D eigenvalue weighted by Crippen LogP contribution is -2.63. The first-order valence-corrected chi connectivity index (χ1v) is 9.57. The normalized spacial score (nSPS) is 34.5. The molecule has 4 saturated carbocycles. The Morgan fingerprint density at radius 2 is 1.50 bits per heavy atom. The third-order valence-corrected chi connectivity index (χ3v) is 6.99. The Hall–Kier alpha value is -1.88. The quantitative estimate of drug-likeness (QED) is 0.823. The van der Waals surface area contributed by atoms with Gasteiger partial charge in [0.15, 0.2) is 0 Å². The molecular weight excluding hydrogens is 330 g/mol. The fourth-order valence-electron chi connectivity index (χ4n) is 5.87. The summed E-state index contributed by atoms with van der Waals surface area (Å²) in [5, 5.41) is 3.10. The molecule has 4 fully saturated rings. The van der Waals surface area contributed by atoms with E-state index in [4.69, 9.17) is 4.74 Å². The average Bonchev–Trinajstić information content (AvgIpc) is 2.67. The molecule has 1 N–H and O–H groups in total. The van der Waals surface area contributed by atoms with Crippen LogP contribution in [0.5, 0.6) is 0 Å². The van der Waals surface area contributed by atoms with Gasteiger partial charge in [0.05, 0.1) is 18.3 Å². The number of amides is 1. The molecule has 5 rings (SSSR count). The standard InChI is InChI=1S/C21H27NO4/c1-25-20(24)16-5-3-15(4-6-16)19(23)22-12-21(26-2)17-8-13-7-14(10-17)11-18(21)9-13/h3-6,13-14,17-18H,7-12H2,1-2H3,(H,22,23). The molecule has 5 nitrogen and oxygen atoms in total. The molecule has 0 unspecified atom stereocenters. The smallest absolute Gasteiger partial charge is 0.337 e. The van der Waals surface area contributed by atoms with Gasteiger partial charge < -0.3 is 14.8 Å². The lowest BCUT2D eigenvalue weighted by atomic mass is 9.49. The van der Waals surface area contributed by atoms with Gasteiger partial charge in [0.25, 0.3) is 5.91 Å². The Bertz CT molecular complexity index is 668. The summed E-state index contributed by atoms with van der Waals surface area (Å²) in [6.07, 6.45) is 6.36. The van der Waals surface area contributed by atoms with Crippen LogP contribution in [0, 0.1) is 23.7 Å². The maximum Gasteiger partial charge on any atom is 0.337 e. The number of carbonyl (C=O) groups is 2. The fraction of sp³-hybridized carbons (Fsp3) is 0.619. The second kappa shape index (κ2) is 6.69. The van der Waals surface area contributed by atoms with Gasteiger partial charge in [-0.15, -0.1) is 0 Å². The van der Waals surface area contributed by atoms with E-state index in [1.807, 2.05) is 0 Å². The van der Waals surface area contributed by atoms with E-state index in [1.165, 1.54) is 39.2 Å². The molecule has 0 saturated heterocycles. The Labute approximate surface area is 154 Å². The Kier molecular flexibility index (Phi) is 4.51. The van der Waals surface area contributed by atoms with Crippen molar-refractivity contribution in [2.75, 3.05) is 20.8 Å². The molecular formula is C21H27NO4. The predicted octanol–water partition coefficient (Wildman–Crippen LogP) is 3.04. The Morgan fingerprint density at radius 1 is 0.962 bits per heavy atom. The number of nitrogens with one attached hydrogen (secondary N) is 1. The lowest BCUT2D eigenvalue weighted by Gasteiger charge is -2.60. The molecule has 0 spiro atoms. The summed E-state index contributed by atoms with van der Waals surface area (Å²) in [6.45, 7) is 0.565. The van der Waals surface area contributed by atoms with Crippen LogP contribution < -0.4 is 5.32 Å². The van der Waals surface area contributed by atoms with Gasteiger partial charge in [-0.05, 0) is 80.0 Å². The molecule has 0 aliphatic heterocycles. The molecule has 0 aromatic heterocycles. The summed E-state index contributed by atoms with van der Waals surface area (Å²) in [5.74, 6) is 2.33. The molecule has 140 valence electrons. The molecule has 26 heavy (non-hydrogen) atoms. The minimum Gasteiger partial charge on any atom is -0.465 e. The van der Waals surface area contributed by atoms with Crippen molar-refractivity contribution < 1.29 is 19.1 Å². The molecule has 0 atom stereocenters. The summed E-state index contributed by atoms with van der Waals surface area (Å²) in [5.41, 5.74) is 0.779. The Morgan fingerprint density at radius 3 is 2.00 bits per heavy atom. The third kappa shape index (κ3) is 2.82. The first-order valence-electron chi connectivity index (χ1n) is 9.57. The summed E-state index contributed by atoms with van der Waals surface area (Å²) in [6, 6.07) is 6.57. The van der Waals surface area contributed by atoms with Crippen LogP contribution >= 0.6 is 0 Å². The van der Waals surface area contributed by atoms with E-state index in [0.717, 1.165) is 11.8 Å². The van der Waals surface area contributed by atoms with Gasteiger partial charge in [0, 0.05) is 19.2 Å². The predicted molar refractivity (Wildman–Crippen MR) is 96.9 cm³/mol. The van der Waals surface area contributed by atoms with Gasteiger partial charge >= 0.3 is 5.97 Å². The summed E-state index contributed by atoms with van der Waals surface area (Å²) in [7, 11) is 3.15. The zero-order valence-corrected chi connectivity index (χ0v) is 15.5. The van der Waals surface area contributed by atoms with Crippen molar-refractivity contribution in [2.45, 2.75) is 37.7 Å². The van der Waals surface area contributed by atoms with E-state index in [1.54, 1.807) is 31.4 Å². The van der Waals surface area contributed by atoms with Crippen LogP contribution in [0.3, 0.4) is 0 Å². The van der Waals surface area contributed by atoms with Crippen molar-refractivity contribution in [3.8, 4) is 0 Å². The van der Waals surface area contributed by atoms with Crippen molar-refractivity contribution >= 4 is 11.9 Å². The largest absolute Gasteiger partial charge is 0.465 e. The van der Waals surface area contributed by atoms with E-state index >= 15 is 0 Å². The van der Waals surface area contributed by atoms with Crippen molar-refractivity contribution in [1.29, 1.82) is 0 Å². The van der Waals surface area contributed by atoms with E-state index in [9.17, 15) is 9.59 Å². The maximum absolute atomic E-state index is 12.6. The monoisotopic (exact) mass is 357 g/mol. The topological polar surface area (TPSA) is 64.6 Å². The number of hydrogen-bond acceptors (Lipinski definition) is 4. The minimum absolute atomic E-state index is 0.119. The van der Waals surface area contributed by atoms with Crippen LogP contribution in [-0.4, -0.2) is 38.2 Å². The van der Waals surface area contributed by atoms with E-state index in [0.29, 0.717) is 29.5 Å². The maximum atomic E-state index is 12.6. The second-order valence-electron chi connectivity index (χ2n) is 8.22. The summed E-state index contributed by atoms with van der Waals surface area (Å²) in [4.78, 5) is 24.1. The van der Waals surface area contributed by atoms with E-state index in [-0.39, 0.29) is 11.5 Å². The van der Waals surface area contributed by atoms with Crippen LogP contribution in [0.15, 0.2) is 24.3 Å². The Balaban J connectivity index is 1.44. The highest BCUT2D eigenvalue weighted by Gasteiger charge is 2.57. The highest BCUT2D eigenvalue weighted by Crippen LogP contribution is 2.59. The fourth-order valence-corrected chi connectivity index (χ4v) is 5.87. The molecule has 1 aromatic rings. The zero-order valence-electron chi connectivity index (χ0n) is 15.5. The molecule has 0 radical (unpaired) electrons. The molecule has 4 aliphatic rings. The van der Waals surface area contributed by atoms with Gasteiger partial charge in [-0.1, -0.05) is 0 Å². The molecule has 4 aliphatic carbocycles. The highest BCUT2D eigenvalue weighted by atomic mass is 16.5. The van der Waals surface area contributed by atoms with Gasteiger partial charge in [-0.25, -0.2) is 4.79 Å². The lowest BCUT2D eigenvalue weighted by molar-refractivity contribution is -0.186. The summed E-state index contributed by atoms with van der Waals surface area (Å²) < 4.78 is 10.8. The van der Waals surface area contributed by atoms with E-state index in [2.05, 4.69) is 10.1 Å². The van der Waals surface area contributed by atoms with E-state index < -0.39 is 5.97 Å². The number of benzene rings is 1. The second-order valence-corrected chi connectivity index (χ2v) is 8.22. The van der Waals surface area contributed by atoms with Gasteiger partial charge in [0.2, 0.25) is 0 Å². The van der Waals surface area contributed by atoms with Crippen LogP contribution in [0.1, 0.15) is 52.8 Å². The number of esters is 1. The molecule has 1 aromatic carbocycles. The van der Waals surface area contributed by atoms with Crippen molar-refractivity contribution in [3.05, 3.63) is 35.4 Å². The molecule has 4 bridgehead atoms. The van der Waals surface area contributed by atoms with Gasteiger partial charge in [0.1, 0.15) is 0 Å². The number of rotatable bonds is 5. The van der Waals surface area contributed by atoms with Crippen molar-refractivity contribution in [3.63, 3.8) is 0 Å². The molecule has 1 amide bonds. The average molecular weight is 357 g/mol. The molecule has 5 heteroatoms. The highest BCUT2D eigenvalue weighted by molar-refractivity contribution is 5.96. The number of carbonyl (C=O) groups excluding carboxylic acids is 2. The first-order chi connectivity index (χ1) is 12.6. The van der Waals surface area contributed by atoms with Gasteiger partial charge in [-0.2, -0.15) is 0 Å². The van der Waals surface area contributed by atoms with Crippen LogP contribution in [0.4, 0.5) is 0 Å². The number of methoxy groups -OCH3 is 2. The first kappa shape index (κ1) is 17.5. The third-order valence-electron chi connectivity index (χ3n) is 6.99. The summed E-state index contributed by atoms with van der Waals surface area (Å²) >= 11 is 0. The van der Waals surface area contributed by atoms with Crippen LogP contribution in [0.25, 0.3) is 0 Å². The number of ether oxygens (including phenoxy) is 2. The van der Waals surface area contributed by atoms with Crippen LogP contribution in [-0.2, 0) is 9.47 Å². The minimum atomic E-state index is -0.399. The number of hydrogen-bond donors (Lipinski definition) is 1. The van der Waals surface area contributed by atoms with Gasteiger partial charge in [-0.3, -0.25) is 4.79 Å².